The Morgan fingerprint density at radius 3 is 2.86 bits per heavy atom. The van der Waals surface area contributed by atoms with Crippen LogP contribution >= 0.6 is 11.3 Å². The SMILES string of the molecule is CCc1cc2c(N(C)CC(C)C(=O)NC)nc(N)nc2s1. The van der Waals surface area contributed by atoms with Crippen LogP contribution in [0.2, 0.25) is 0 Å². The van der Waals surface area contributed by atoms with Crippen molar-refractivity contribution >= 4 is 39.2 Å². The third-order valence-corrected chi connectivity index (χ3v) is 4.57. The Bertz CT molecular complexity index is 654. The van der Waals surface area contributed by atoms with E-state index < -0.39 is 0 Å². The summed E-state index contributed by atoms with van der Waals surface area (Å²) >= 11 is 1.64. The minimum absolute atomic E-state index is 0.0136. The number of hydrogen-bond acceptors (Lipinski definition) is 6. The molecular formula is C14H21N5OS. The third-order valence-electron chi connectivity index (χ3n) is 3.39. The van der Waals surface area contributed by atoms with Crippen LogP contribution in [-0.2, 0) is 11.2 Å². The van der Waals surface area contributed by atoms with Gasteiger partial charge in [0.05, 0.1) is 11.3 Å². The molecule has 0 aliphatic rings. The van der Waals surface area contributed by atoms with Crippen molar-refractivity contribution in [3.8, 4) is 0 Å². The van der Waals surface area contributed by atoms with Crippen LogP contribution in [-0.4, -0.2) is 36.5 Å². The maximum atomic E-state index is 11.7. The monoisotopic (exact) mass is 307 g/mol. The number of anilines is 2. The molecule has 0 radical (unpaired) electrons. The molecule has 1 amide bonds. The molecule has 0 aliphatic heterocycles. The van der Waals surface area contributed by atoms with Crippen LogP contribution in [0.4, 0.5) is 11.8 Å². The third kappa shape index (κ3) is 3.24. The zero-order valence-electron chi connectivity index (χ0n) is 12.8. The lowest BCUT2D eigenvalue weighted by Gasteiger charge is -2.22. The van der Waals surface area contributed by atoms with Crippen LogP contribution in [0.15, 0.2) is 6.07 Å². The lowest BCUT2D eigenvalue weighted by Crippen LogP contribution is -2.34. The van der Waals surface area contributed by atoms with Crippen molar-refractivity contribution in [3.05, 3.63) is 10.9 Å². The quantitative estimate of drug-likeness (QED) is 0.877. The van der Waals surface area contributed by atoms with Crippen LogP contribution < -0.4 is 16.0 Å². The van der Waals surface area contributed by atoms with Gasteiger partial charge in [-0.15, -0.1) is 11.3 Å². The topological polar surface area (TPSA) is 84.1 Å². The molecule has 0 aromatic carbocycles. The molecule has 3 N–H and O–H groups in total. The normalized spacial score (nSPS) is 12.4. The number of nitrogens with two attached hydrogens (primary N) is 1. The van der Waals surface area contributed by atoms with E-state index in [1.807, 2.05) is 18.9 Å². The van der Waals surface area contributed by atoms with Gasteiger partial charge in [0.25, 0.3) is 0 Å². The minimum atomic E-state index is -0.129. The fourth-order valence-electron chi connectivity index (χ4n) is 2.26. The van der Waals surface area contributed by atoms with E-state index in [0.717, 1.165) is 22.5 Å². The van der Waals surface area contributed by atoms with Crippen molar-refractivity contribution in [1.29, 1.82) is 0 Å². The van der Waals surface area contributed by atoms with Crippen LogP contribution in [0.1, 0.15) is 18.7 Å². The lowest BCUT2D eigenvalue weighted by atomic mass is 10.1. The summed E-state index contributed by atoms with van der Waals surface area (Å²) < 4.78 is 0. The van der Waals surface area contributed by atoms with E-state index in [1.54, 1.807) is 18.4 Å². The number of thiophene rings is 1. The number of fused-ring (bicyclic) bond motifs is 1. The molecular weight excluding hydrogens is 286 g/mol. The number of nitrogen functional groups attached to an aromatic ring is 1. The predicted octanol–water partition coefficient (Wildman–Crippen LogP) is 1.65. The Hall–Kier alpha value is -1.89. The average Bonchev–Trinajstić information content (AvgIpc) is 2.87. The second kappa shape index (κ2) is 6.26. The number of aryl methyl sites for hydroxylation is 1. The van der Waals surface area contributed by atoms with Crippen LogP contribution in [0.3, 0.4) is 0 Å². The van der Waals surface area contributed by atoms with Gasteiger partial charge in [-0.2, -0.15) is 4.98 Å². The summed E-state index contributed by atoms with van der Waals surface area (Å²) in [4.78, 5) is 24.4. The number of nitrogens with one attached hydrogen (secondary N) is 1. The van der Waals surface area contributed by atoms with Crippen LogP contribution in [0.5, 0.6) is 0 Å². The highest BCUT2D eigenvalue weighted by Gasteiger charge is 2.18. The van der Waals surface area contributed by atoms with Gasteiger partial charge in [0.1, 0.15) is 10.6 Å². The molecule has 2 aromatic heterocycles. The molecule has 2 aromatic rings. The highest BCUT2D eigenvalue weighted by molar-refractivity contribution is 7.18. The molecule has 0 fully saturated rings. The summed E-state index contributed by atoms with van der Waals surface area (Å²) in [5.41, 5.74) is 5.81. The highest BCUT2D eigenvalue weighted by atomic mass is 32.1. The van der Waals surface area contributed by atoms with Gasteiger partial charge in [-0.1, -0.05) is 13.8 Å². The Balaban J connectivity index is 2.35. The molecule has 1 atom stereocenters. The van der Waals surface area contributed by atoms with Crippen molar-refractivity contribution in [2.45, 2.75) is 20.3 Å². The summed E-state index contributed by atoms with van der Waals surface area (Å²) in [7, 11) is 3.57. The zero-order valence-corrected chi connectivity index (χ0v) is 13.6. The Morgan fingerprint density at radius 2 is 2.24 bits per heavy atom. The van der Waals surface area contributed by atoms with Crippen molar-refractivity contribution < 1.29 is 4.79 Å². The highest BCUT2D eigenvalue weighted by Crippen LogP contribution is 2.31. The van der Waals surface area contributed by atoms with Crippen molar-refractivity contribution in [2.75, 3.05) is 31.3 Å². The van der Waals surface area contributed by atoms with E-state index in [9.17, 15) is 4.79 Å². The summed E-state index contributed by atoms with van der Waals surface area (Å²) in [6.45, 7) is 4.57. The number of nitrogens with zero attached hydrogens (tertiary/aromatic N) is 3. The molecule has 0 saturated heterocycles. The van der Waals surface area contributed by atoms with Gasteiger partial charge >= 0.3 is 0 Å². The van der Waals surface area contributed by atoms with Gasteiger partial charge in [0.2, 0.25) is 11.9 Å². The molecule has 7 heteroatoms. The first kappa shape index (κ1) is 15.5. The molecule has 1 unspecified atom stereocenters. The zero-order chi connectivity index (χ0) is 15.6. The van der Waals surface area contributed by atoms with Crippen LogP contribution in [0, 0.1) is 5.92 Å². The van der Waals surface area contributed by atoms with E-state index in [2.05, 4.69) is 28.3 Å². The standard InChI is InChI=1S/C14H21N5OS/c1-5-9-6-10-11(17-14(15)18-13(10)21-9)19(4)7-8(2)12(20)16-3/h6,8H,5,7H2,1-4H3,(H,16,20)(H2,15,17,18). The minimum Gasteiger partial charge on any atom is -0.368 e. The average molecular weight is 307 g/mol. The number of carbonyl (C=O) groups excluding carboxylic acids is 1. The fourth-order valence-corrected chi connectivity index (χ4v) is 3.23. The summed E-state index contributed by atoms with van der Waals surface area (Å²) in [6, 6.07) is 2.11. The number of carbonyl (C=O) groups is 1. The van der Waals surface area contributed by atoms with E-state index in [0.29, 0.717) is 6.54 Å². The molecule has 0 bridgehead atoms. The Morgan fingerprint density at radius 1 is 1.52 bits per heavy atom. The van der Waals surface area contributed by atoms with E-state index in [1.165, 1.54) is 4.88 Å². The van der Waals surface area contributed by atoms with E-state index in [4.69, 9.17) is 5.73 Å². The lowest BCUT2D eigenvalue weighted by molar-refractivity contribution is -0.123. The second-order valence-electron chi connectivity index (χ2n) is 5.09. The molecule has 114 valence electrons. The number of hydrogen-bond donors (Lipinski definition) is 2. The molecule has 0 saturated carbocycles. The molecule has 0 aliphatic carbocycles. The van der Waals surface area contributed by atoms with Gasteiger partial charge in [-0.3, -0.25) is 4.79 Å². The van der Waals surface area contributed by atoms with E-state index in [-0.39, 0.29) is 17.8 Å². The fraction of sp³-hybridized carbons (Fsp3) is 0.500. The maximum absolute atomic E-state index is 11.7. The van der Waals surface area contributed by atoms with Gasteiger partial charge in [-0.25, -0.2) is 4.98 Å². The first-order valence-corrected chi connectivity index (χ1v) is 7.76. The molecule has 2 heterocycles. The second-order valence-corrected chi connectivity index (χ2v) is 6.20. The van der Waals surface area contributed by atoms with Gasteiger partial charge < -0.3 is 16.0 Å². The molecule has 0 spiro atoms. The largest absolute Gasteiger partial charge is 0.368 e. The van der Waals surface area contributed by atoms with Gasteiger partial charge in [0.15, 0.2) is 0 Å². The first-order chi connectivity index (χ1) is 9.96. The summed E-state index contributed by atoms with van der Waals surface area (Å²) in [5, 5.41) is 3.66. The Labute approximate surface area is 128 Å². The molecule has 2 rings (SSSR count). The van der Waals surface area contributed by atoms with Crippen LogP contribution in [0.25, 0.3) is 10.2 Å². The van der Waals surface area contributed by atoms with Gasteiger partial charge in [-0.05, 0) is 12.5 Å². The summed E-state index contributed by atoms with van der Waals surface area (Å²) in [5.74, 6) is 0.931. The number of aromatic nitrogens is 2. The summed E-state index contributed by atoms with van der Waals surface area (Å²) in [6.07, 6.45) is 0.957. The van der Waals surface area contributed by atoms with Crippen molar-refractivity contribution in [3.63, 3.8) is 0 Å². The van der Waals surface area contributed by atoms with Gasteiger partial charge in [0, 0.05) is 25.5 Å². The smallest absolute Gasteiger partial charge is 0.224 e. The van der Waals surface area contributed by atoms with E-state index >= 15 is 0 Å². The number of amides is 1. The number of rotatable bonds is 5. The Kier molecular flexibility index (Phi) is 4.62. The predicted molar refractivity (Wildman–Crippen MR) is 87.7 cm³/mol. The van der Waals surface area contributed by atoms with Crippen molar-refractivity contribution in [1.82, 2.24) is 15.3 Å². The molecule has 6 nitrogen and oxygen atoms in total. The maximum Gasteiger partial charge on any atom is 0.224 e. The molecule has 21 heavy (non-hydrogen) atoms. The first-order valence-electron chi connectivity index (χ1n) is 6.94. The van der Waals surface area contributed by atoms with Crippen molar-refractivity contribution in [2.24, 2.45) is 5.92 Å².